The van der Waals surface area contributed by atoms with Gasteiger partial charge in [0.25, 0.3) is 0 Å². The van der Waals surface area contributed by atoms with Gasteiger partial charge in [-0.2, -0.15) is 0 Å². The number of benzene rings is 4. The van der Waals surface area contributed by atoms with E-state index in [0.29, 0.717) is 23.0 Å². The van der Waals surface area contributed by atoms with Gasteiger partial charge in [-0.15, -0.1) is 0 Å². The predicted octanol–water partition coefficient (Wildman–Crippen LogP) is 15.5. The molecule has 348 valence electrons. The number of halogens is 12. The van der Waals surface area contributed by atoms with E-state index in [-0.39, 0.29) is 0 Å². The highest BCUT2D eigenvalue weighted by Crippen LogP contribution is 2.49. The summed E-state index contributed by atoms with van der Waals surface area (Å²) in [5, 5.41) is 3.24. The first kappa shape index (κ1) is 51.3. The van der Waals surface area contributed by atoms with E-state index in [2.05, 4.69) is 260 Å². The van der Waals surface area contributed by atoms with Crippen LogP contribution in [0.3, 0.4) is 0 Å². The molecule has 5 heterocycles. The van der Waals surface area contributed by atoms with Crippen LogP contribution in [0.4, 0.5) is 0 Å². The minimum atomic E-state index is 0.636. The third-order valence-electron chi connectivity index (χ3n) is 11.2. The van der Waals surface area contributed by atoms with Gasteiger partial charge in [-0.1, -0.05) is 63.7 Å². The van der Waals surface area contributed by atoms with E-state index in [1.165, 1.54) is 0 Å². The molecule has 4 aromatic carbocycles. The lowest BCUT2D eigenvalue weighted by atomic mass is 10.0. The molecule has 20 heteroatoms. The fourth-order valence-electron chi connectivity index (χ4n) is 8.36. The van der Waals surface area contributed by atoms with Crippen LogP contribution >= 0.6 is 191 Å². The number of aromatic nitrogens is 4. The lowest BCUT2D eigenvalue weighted by Gasteiger charge is -2.17. The number of H-pyrrole nitrogens is 4. The summed E-state index contributed by atoms with van der Waals surface area (Å²) in [6, 6.07) is 24.7. The van der Waals surface area contributed by atoms with Gasteiger partial charge in [0, 0.05) is 107 Å². The standard InChI is InChI=1S/C48H28Br12N4O4/c1-65-45-21(53)13-17(49)33(41(45)57)37-25-5-7-27(61-25)38(34-18(50)14-22(54)46(66-2)42(34)58)29-9-11-31(63-29)40(36-20(52)16-24(56)48(68-4)44(36)60)32-12-10-30(64-32)39(28-8-6-26(37)62-28)35-19(51)15-23(55)47(67-3)43(35)59/h5-16,61-64H,1-4H3. The Kier molecular flexibility index (Phi) is 15.7. The van der Waals surface area contributed by atoms with E-state index in [4.69, 9.17) is 18.9 Å². The van der Waals surface area contributed by atoms with Crippen LogP contribution < -0.4 is 40.3 Å². The highest BCUT2D eigenvalue weighted by Gasteiger charge is 2.28. The molecule has 0 unspecified atom stereocenters. The third kappa shape index (κ3) is 8.93. The molecule has 0 fully saturated rings. The van der Waals surface area contributed by atoms with Crippen LogP contribution in [0.1, 0.15) is 45.0 Å². The lowest BCUT2D eigenvalue weighted by molar-refractivity contribution is 0.409. The average Bonchev–Trinajstić information content (AvgIpc) is 4.13. The van der Waals surface area contributed by atoms with E-state index in [9.17, 15) is 0 Å². The van der Waals surface area contributed by atoms with Gasteiger partial charge in [-0.25, -0.2) is 0 Å². The number of methoxy groups -OCH3 is 4. The number of ether oxygens (including phenoxy) is 4. The highest BCUT2D eigenvalue weighted by atomic mass is 79.9. The molecule has 1 aliphatic heterocycles. The second kappa shape index (κ2) is 20.7. The molecule has 68 heavy (non-hydrogen) atoms. The Labute approximate surface area is 490 Å². The van der Waals surface area contributed by atoms with Crippen molar-refractivity contribution in [2.24, 2.45) is 0 Å². The summed E-state index contributed by atoms with van der Waals surface area (Å²) in [7, 11) is 6.62. The Bertz CT molecular complexity index is 3220. The smallest absolute Gasteiger partial charge is 0.147 e. The van der Waals surface area contributed by atoms with Crippen LogP contribution in [-0.4, -0.2) is 48.4 Å². The molecular formula is C48H28Br12N4O4. The van der Waals surface area contributed by atoms with Gasteiger partial charge in [-0.3, -0.25) is 0 Å². The van der Waals surface area contributed by atoms with Crippen molar-refractivity contribution in [2.45, 2.75) is 0 Å². The Morgan fingerprint density at radius 3 is 0.676 bits per heavy atom. The first-order valence-corrected chi connectivity index (χ1v) is 29.2. The Morgan fingerprint density at radius 1 is 0.279 bits per heavy atom. The van der Waals surface area contributed by atoms with Crippen LogP contribution in [0.5, 0.6) is 23.0 Å². The van der Waals surface area contributed by atoms with Gasteiger partial charge in [-0.05, 0) is 200 Å². The largest absolute Gasteiger partial charge is 0.494 e. The van der Waals surface area contributed by atoms with Crippen LogP contribution in [0, 0.1) is 0 Å². The van der Waals surface area contributed by atoms with Gasteiger partial charge >= 0.3 is 0 Å². The summed E-state index contributed by atoms with van der Waals surface area (Å²) in [5.74, 6) is 2.54. The number of hydrogen-bond acceptors (Lipinski definition) is 4. The van der Waals surface area contributed by atoms with Crippen molar-refractivity contribution < 1.29 is 18.9 Å². The minimum Gasteiger partial charge on any atom is -0.494 e. The van der Waals surface area contributed by atoms with Gasteiger partial charge in [0.2, 0.25) is 0 Å². The van der Waals surface area contributed by atoms with Gasteiger partial charge in [0.15, 0.2) is 0 Å². The molecule has 0 spiro atoms. The predicted molar refractivity (Wildman–Crippen MR) is 312 cm³/mol. The molecule has 0 saturated carbocycles. The molecule has 8 aromatic rings. The zero-order chi connectivity index (χ0) is 48.6. The number of hydrogen-bond donors (Lipinski definition) is 4. The van der Waals surface area contributed by atoms with Crippen molar-refractivity contribution in [1.29, 1.82) is 0 Å². The average molecular weight is 1680 g/mol. The fourth-order valence-corrected chi connectivity index (χ4v) is 19.7. The van der Waals surface area contributed by atoms with Crippen molar-refractivity contribution >= 4 is 213 Å². The minimum absolute atomic E-state index is 0.636. The second-order valence-electron chi connectivity index (χ2n) is 14.9. The topological polar surface area (TPSA) is 100 Å². The first-order chi connectivity index (χ1) is 32.5. The molecule has 1 aliphatic rings. The number of nitrogens with one attached hydrogen (secondary N) is 4. The molecule has 8 bridgehead atoms. The summed E-state index contributed by atoms with van der Waals surface area (Å²) in [5.41, 5.74) is 10.0. The van der Waals surface area contributed by atoms with E-state index in [0.717, 1.165) is 142 Å². The molecule has 0 saturated heterocycles. The van der Waals surface area contributed by atoms with Crippen LogP contribution in [0.25, 0.3) is 22.3 Å². The van der Waals surface area contributed by atoms with E-state index < -0.39 is 0 Å². The highest BCUT2D eigenvalue weighted by molar-refractivity contribution is 9.13. The van der Waals surface area contributed by atoms with Crippen LogP contribution in [0.15, 0.2) is 126 Å². The van der Waals surface area contributed by atoms with Crippen LogP contribution in [0.2, 0.25) is 0 Å². The normalized spacial score (nSPS) is 12.6. The Balaban J connectivity index is 1.53. The maximum Gasteiger partial charge on any atom is 0.147 e. The molecule has 0 atom stereocenters. The summed E-state index contributed by atoms with van der Waals surface area (Å²) >= 11 is 46.5. The molecule has 8 nitrogen and oxygen atoms in total. The quantitative estimate of drug-likeness (QED) is 0.122. The number of fused-ring (bicyclic) bond motifs is 8. The zero-order valence-corrected chi connectivity index (χ0v) is 54.1. The summed E-state index contributed by atoms with van der Waals surface area (Å²) < 4.78 is 33.2. The van der Waals surface area contributed by atoms with Crippen molar-refractivity contribution in [3.05, 3.63) is 193 Å². The van der Waals surface area contributed by atoms with Gasteiger partial charge in [0.05, 0.1) is 64.2 Å². The number of rotatable bonds is 8. The summed E-state index contributed by atoms with van der Waals surface area (Å²) in [6.45, 7) is 0. The van der Waals surface area contributed by atoms with Crippen molar-refractivity contribution in [1.82, 2.24) is 19.9 Å². The van der Waals surface area contributed by atoms with E-state index in [1.54, 1.807) is 28.4 Å². The monoisotopic (exact) mass is 1670 g/mol. The van der Waals surface area contributed by atoms with Gasteiger partial charge in [0.1, 0.15) is 23.0 Å². The van der Waals surface area contributed by atoms with Gasteiger partial charge < -0.3 is 38.9 Å². The van der Waals surface area contributed by atoms with Crippen molar-refractivity contribution in [3.63, 3.8) is 0 Å². The SMILES string of the molecule is COc1c(Br)cc(Br)c(C2=c3ccc([nH]3)=C(c3c(Br)cc(Br)c(OC)c3Br)c3ccc([nH]3)C(c3c(Br)cc(Br)c(OC)c3Br)=c3ccc([nH]3)=C(c3c(Br)cc(Br)c(OC)c3Br)c3ccc2[nH]3)c1Br. The molecule has 4 aromatic heterocycles. The summed E-state index contributed by atoms with van der Waals surface area (Å²) in [6.07, 6.45) is 0. The van der Waals surface area contributed by atoms with Crippen molar-refractivity contribution in [2.75, 3.05) is 28.4 Å². The Hall–Kier alpha value is -1.56. The lowest BCUT2D eigenvalue weighted by Crippen LogP contribution is -2.20. The van der Waals surface area contributed by atoms with E-state index >= 15 is 0 Å². The van der Waals surface area contributed by atoms with E-state index in [1.807, 2.05) is 24.3 Å². The fraction of sp³-hybridized carbons (Fsp3) is 0.0833. The molecule has 0 amide bonds. The second-order valence-corrected chi connectivity index (χ2v) is 24.9. The molecule has 0 aliphatic carbocycles. The molecule has 0 radical (unpaired) electrons. The third-order valence-corrected chi connectivity index (χ3v) is 19.1. The molecule has 4 N–H and O–H groups in total. The maximum atomic E-state index is 5.97. The number of aromatic amines is 4. The maximum absolute atomic E-state index is 5.97. The zero-order valence-electron chi connectivity index (χ0n) is 35.1. The summed E-state index contributed by atoms with van der Waals surface area (Å²) in [4.78, 5) is 15.5. The molecule has 9 rings (SSSR count). The molecular weight excluding hydrogens is 1660 g/mol. The van der Waals surface area contributed by atoms with Crippen LogP contribution in [-0.2, 0) is 0 Å². The first-order valence-electron chi connectivity index (χ1n) is 19.7. The van der Waals surface area contributed by atoms with Crippen molar-refractivity contribution in [3.8, 4) is 23.0 Å². The Morgan fingerprint density at radius 2 is 0.485 bits per heavy atom.